The van der Waals surface area contributed by atoms with Crippen LogP contribution in [0.2, 0.25) is 0 Å². The molecule has 0 aliphatic heterocycles. The van der Waals surface area contributed by atoms with Crippen molar-refractivity contribution in [2.24, 2.45) is 17.8 Å². The first-order valence-electron chi connectivity index (χ1n) is 10.5. The fourth-order valence-electron chi connectivity index (χ4n) is 6.41. The minimum absolute atomic E-state index is 0.0441. The Hall–Kier alpha value is -2.76. The number of carbonyl (C=O) groups is 1. The normalized spacial score (nSPS) is 30.0. The van der Waals surface area contributed by atoms with E-state index in [0.717, 1.165) is 42.6 Å². The number of halogens is 1. The maximum Gasteiger partial charge on any atom is 0.254 e. The van der Waals surface area contributed by atoms with E-state index in [1.807, 2.05) is 0 Å². The SMILES string of the molecule is O=C(NC12CC3CC(CC(C3)C1)C2)c1ccnc2[nH]c(-c3ccc(F)cc3)nc12. The topological polar surface area (TPSA) is 70.7 Å². The Labute approximate surface area is 168 Å². The molecule has 3 aromatic rings. The predicted molar refractivity (Wildman–Crippen MR) is 108 cm³/mol. The number of fused-ring (bicyclic) bond motifs is 1. The van der Waals surface area contributed by atoms with Crippen molar-refractivity contribution in [1.82, 2.24) is 20.3 Å². The number of amides is 1. The molecular weight excluding hydrogens is 367 g/mol. The van der Waals surface area contributed by atoms with Gasteiger partial charge >= 0.3 is 0 Å². The Morgan fingerprint density at radius 1 is 1.03 bits per heavy atom. The molecule has 148 valence electrons. The zero-order valence-electron chi connectivity index (χ0n) is 16.1. The van der Waals surface area contributed by atoms with Crippen LogP contribution in [0.25, 0.3) is 22.6 Å². The molecule has 0 radical (unpaired) electrons. The van der Waals surface area contributed by atoms with Gasteiger partial charge in [-0.3, -0.25) is 4.79 Å². The first-order valence-corrected chi connectivity index (χ1v) is 10.5. The Kier molecular flexibility index (Phi) is 3.61. The highest BCUT2D eigenvalue weighted by Crippen LogP contribution is 2.55. The molecule has 2 aromatic heterocycles. The lowest BCUT2D eigenvalue weighted by atomic mass is 9.53. The third-order valence-corrected chi connectivity index (χ3v) is 7.16. The van der Waals surface area contributed by atoms with Crippen molar-refractivity contribution in [3.8, 4) is 11.4 Å². The van der Waals surface area contributed by atoms with E-state index in [9.17, 15) is 9.18 Å². The molecule has 4 fully saturated rings. The average molecular weight is 390 g/mol. The number of pyridine rings is 1. The van der Waals surface area contributed by atoms with Gasteiger partial charge in [-0.25, -0.2) is 14.4 Å². The smallest absolute Gasteiger partial charge is 0.254 e. The molecular formula is C23H23FN4O. The molecule has 4 saturated carbocycles. The summed E-state index contributed by atoms with van der Waals surface area (Å²) in [7, 11) is 0. The van der Waals surface area contributed by atoms with Crippen LogP contribution in [0.3, 0.4) is 0 Å². The number of benzene rings is 1. The number of H-pyrrole nitrogens is 1. The lowest BCUT2D eigenvalue weighted by Crippen LogP contribution is -2.59. The molecule has 0 saturated heterocycles. The summed E-state index contributed by atoms with van der Waals surface area (Å²) in [6.45, 7) is 0. The van der Waals surface area contributed by atoms with Crippen molar-refractivity contribution in [2.45, 2.75) is 44.1 Å². The van der Waals surface area contributed by atoms with Gasteiger partial charge in [0.05, 0.1) is 5.56 Å². The summed E-state index contributed by atoms with van der Waals surface area (Å²) in [5.74, 6) is 2.55. The highest BCUT2D eigenvalue weighted by atomic mass is 19.1. The lowest BCUT2D eigenvalue weighted by molar-refractivity contribution is -0.0166. The molecule has 2 N–H and O–H groups in total. The Balaban J connectivity index is 1.33. The van der Waals surface area contributed by atoms with Crippen molar-refractivity contribution in [3.05, 3.63) is 47.9 Å². The van der Waals surface area contributed by atoms with E-state index in [1.165, 1.54) is 31.4 Å². The Bertz CT molecular complexity index is 1070. The fraction of sp³-hybridized carbons (Fsp3) is 0.435. The average Bonchev–Trinajstić information content (AvgIpc) is 3.11. The summed E-state index contributed by atoms with van der Waals surface area (Å²) >= 11 is 0. The van der Waals surface area contributed by atoms with Crippen molar-refractivity contribution in [3.63, 3.8) is 0 Å². The van der Waals surface area contributed by atoms with Crippen LogP contribution in [-0.4, -0.2) is 26.4 Å². The molecule has 4 aliphatic rings. The minimum Gasteiger partial charge on any atom is -0.347 e. The highest BCUT2D eigenvalue weighted by molar-refractivity contribution is 6.04. The van der Waals surface area contributed by atoms with Gasteiger partial charge in [0.25, 0.3) is 5.91 Å². The van der Waals surface area contributed by atoms with E-state index in [-0.39, 0.29) is 17.3 Å². The van der Waals surface area contributed by atoms with Crippen LogP contribution in [0.5, 0.6) is 0 Å². The number of aromatic nitrogens is 3. The van der Waals surface area contributed by atoms with Crippen LogP contribution in [0, 0.1) is 23.6 Å². The van der Waals surface area contributed by atoms with Crippen LogP contribution in [0.4, 0.5) is 4.39 Å². The summed E-state index contributed by atoms with van der Waals surface area (Å²) < 4.78 is 13.2. The molecule has 4 bridgehead atoms. The predicted octanol–water partition coefficient (Wildman–Crippen LogP) is 4.46. The zero-order valence-corrected chi connectivity index (χ0v) is 16.1. The van der Waals surface area contributed by atoms with E-state index < -0.39 is 0 Å². The molecule has 29 heavy (non-hydrogen) atoms. The summed E-state index contributed by atoms with van der Waals surface area (Å²) in [4.78, 5) is 25.4. The molecule has 6 heteroatoms. The van der Waals surface area contributed by atoms with Gasteiger partial charge in [0.2, 0.25) is 0 Å². The van der Waals surface area contributed by atoms with Crippen molar-refractivity contribution in [1.29, 1.82) is 0 Å². The monoisotopic (exact) mass is 390 g/mol. The van der Waals surface area contributed by atoms with Gasteiger partial charge in [-0.15, -0.1) is 0 Å². The third-order valence-electron chi connectivity index (χ3n) is 7.16. The van der Waals surface area contributed by atoms with Crippen LogP contribution < -0.4 is 5.32 Å². The number of rotatable bonds is 3. The quantitative estimate of drug-likeness (QED) is 0.693. The lowest BCUT2D eigenvalue weighted by Gasteiger charge is -2.56. The molecule has 2 heterocycles. The number of aromatic amines is 1. The molecule has 7 rings (SSSR count). The number of hydrogen-bond donors (Lipinski definition) is 2. The van der Waals surface area contributed by atoms with E-state index in [0.29, 0.717) is 22.6 Å². The molecule has 5 nitrogen and oxygen atoms in total. The summed E-state index contributed by atoms with van der Waals surface area (Å²) in [5.41, 5.74) is 2.40. The van der Waals surface area contributed by atoms with Crippen LogP contribution in [0.15, 0.2) is 36.5 Å². The first-order chi connectivity index (χ1) is 14.1. The maximum absolute atomic E-state index is 13.3. The van der Waals surface area contributed by atoms with Crippen LogP contribution in [-0.2, 0) is 0 Å². The standard InChI is InChI=1S/C23H23FN4O/c24-17-3-1-16(2-4-17)20-26-19-18(5-6-25-21(19)27-20)22(29)28-23-10-13-7-14(11-23)9-15(8-13)12-23/h1-6,13-15H,7-12H2,(H,28,29)(H,25,26,27). The van der Waals surface area contributed by atoms with Gasteiger partial charge in [-0.1, -0.05) is 0 Å². The van der Waals surface area contributed by atoms with Gasteiger partial charge in [0.15, 0.2) is 5.65 Å². The van der Waals surface area contributed by atoms with Crippen LogP contribution >= 0.6 is 0 Å². The molecule has 0 spiro atoms. The van der Waals surface area contributed by atoms with Crippen molar-refractivity contribution < 1.29 is 9.18 Å². The second-order valence-corrected chi connectivity index (χ2v) is 9.30. The molecule has 1 aromatic carbocycles. The van der Waals surface area contributed by atoms with Gasteiger partial charge < -0.3 is 10.3 Å². The summed E-state index contributed by atoms with van der Waals surface area (Å²) in [6.07, 6.45) is 9.00. The summed E-state index contributed by atoms with van der Waals surface area (Å²) in [5, 5.41) is 3.42. The Morgan fingerprint density at radius 3 is 2.34 bits per heavy atom. The zero-order chi connectivity index (χ0) is 19.6. The molecule has 4 aliphatic carbocycles. The minimum atomic E-state index is -0.293. The van der Waals surface area contributed by atoms with Crippen LogP contribution in [0.1, 0.15) is 48.9 Å². The highest BCUT2D eigenvalue weighted by Gasteiger charge is 2.51. The van der Waals surface area contributed by atoms with Gasteiger partial charge in [0.1, 0.15) is 17.2 Å². The molecule has 1 amide bonds. The Morgan fingerprint density at radius 2 is 1.69 bits per heavy atom. The fourth-order valence-corrected chi connectivity index (χ4v) is 6.41. The van der Waals surface area contributed by atoms with E-state index in [1.54, 1.807) is 24.4 Å². The van der Waals surface area contributed by atoms with E-state index in [4.69, 9.17) is 0 Å². The second-order valence-electron chi connectivity index (χ2n) is 9.30. The number of nitrogens with one attached hydrogen (secondary N) is 2. The maximum atomic E-state index is 13.3. The number of nitrogens with zero attached hydrogens (tertiary/aromatic N) is 2. The second kappa shape index (κ2) is 6.12. The number of imidazole rings is 1. The largest absolute Gasteiger partial charge is 0.347 e. The number of hydrogen-bond acceptors (Lipinski definition) is 3. The third kappa shape index (κ3) is 2.84. The summed E-state index contributed by atoms with van der Waals surface area (Å²) in [6, 6.07) is 7.88. The van der Waals surface area contributed by atoms with E-state index in [2.05, 4.69) is 20.3 Å². The molecule has 0 unspecified atom stereocenters. The van der Waals surface area contributed by atoms with Gasteiger partial charge in [0, 0.05) is 17.3 Å². The van der Waals surface area contributed by atoms with Crippen molar-refractivity contribution >= 4 is 17.1 Å². The number of carbonyl (C=O) groups excluding carboxylic acids is 1. The molecule has 0 atom stereocenters. The van der Waals surface area contributed by atoms with Crippen molar-refractivity contribution in [2.75, 3.05) is 0 Å². The van der Waals surface area contributed by atoms with E-state index >= 15 is 0 Å². The van der Waals surface area contributed by atoms with Gasteiger partial charge in [-0.2, -0.15) is 0 Å². The van der Waals surface area contributed by atoms with Gasteiger partial charge in [-0.05, 0) is 86.6 Å². The first kappa shape index (κ1) is 17.1.